The minimum Gasteiger partial charge on any atom is -0.490 e. The summed E-state index contributed by atoms with van der Waals surface area (Å²) in [5, 5.41) is 0.966. The fraction of sp³-hybridized carbons (Fsp3) is 0.238. The van der Waals surface area contributed by atoms with E-state index in [1.165, 1.54) is 12.1 Å². The minimum atomic E-state index is -0.276. The smallest absolute Gasteiger partial charge is 0.256 e. The maximum Gasteiger partial charge on any atom is 0.256 e. The lowest BCUT2D eigenvalue weighted by atomic mass is 10.0. The van der Waals surface area contributed by atoms with Crippen molar-refractivity contribution in [2.75, 3.05) is 13.1 Å². The highest BCUT2D eigenvalue weighted by Crippen LogP contribution is 2.22. The summed E-state index contributed by atoms with van der Waals surface area (Å²) in [6.45, 7) is 1.27. The van der Waals surface area contributed by atoms with Crippen molar-refractivity contribution < 1.29 is 13.9 Å². The van der Waals surface area contributed by atoms with Gasteiger partial charge in [-0.1, -0.05) is 18.2 Å². The zero-order valence-corrected chi connectivity index (χ0v) is 14.3. The van der Waals surface area contributed by atoms with Gasteiger partial charge >= 0.3 is 0 Å². The highest BCUT2D eigenvalue weighted by molar-refractivity contribution is 6.05. The SMILES string of the molecule is O=C(c1cccc2cccnc12)N1CCC(Oc2ccc(F)cc2)CC1. The van der Waals surface area contributed by atoms with E-state index in [4.69, 9.17) is 4.74 Å². The summed E-state index contributed by atoms with van der Waals surface area (Å²) >= 11 is 0. The molecule has 0 saturated carbocycles. The predicted molar refractivity (Wildman–Crippen MR) is 97.7 cm³/mol. The van der Waals surface area contributed by atoms with E-state index >= 15 is 0 Å². The standard InChI is InChI=1S/C21H19FN2O2/c22-16-6-8-17(9-7-16)26-18-10-13-24(14-11-18)21(25)19-5-1-3-15-4-2-12-23-20(15)19/h1-9,12,18H,10-11,13-14H2. The van der Waals surface area contributed by atoms with Gasteiger partial charge in [-0.25, -0.2) is 4.39 Å². The Bertz CT molecular complexity index is 913. The lowest BCUT2D eigenvalue weighted by Crippen LogP contribution is -2.41. The Morgan fingerprint density at radius 3 is 2.54 bits per heavy atom. The number of carbonyl (C=O) groups is 1. The van der Waals surface area contributed by atoms with Crippen molar-refractivity contribution in [3.8, 4) is 5.75 Å². The number of aromatic nitrogens is 1. The largest absolute Gasteiger partial charge is 0.490 e. The van der Waals surface area contributed by atoms with Crippen molar-refractivity contribution in [1.82, 2.24) is 9.88 Å². The molecule has 1 saturated heterocycles. The number of piperidine rings is 1. The van der Waals surface area contributed by atoms with E-state index in [9.17, 15) is 9.18 Å². The molecular weight excluding hydrogens is 331 g/mol. The highest BCUT2D eigenvalue weighted by atomic mass is 19.1. The average molecular weight is 350 g/mol. The molecule has 4 rings (SSSR count). The number of nitrogens with zero attached hydrogens (tertiary/aromatic N) is 2. The van der Waals surface area contributed by atoms with Crippen molar-refractivity contribution in [3.05, 3.63) is 72.2 Å². The van der Waals surface area contributed by atoms with Crippen LogP contribution in [-0.2, 0) is 0 Å². The number of ether oxygens (including phenoxy) is 1. The van der Waals surface area contributed by atoms with Crippen molar-refractivity contribution in [3.63, 3.8) is 0 Å². The molecular formula is C21H19FN2O2. The van der Waals surface area contributed by atoms with Gasteiger partial charge in [-0.15, -0.1) is 0 Å². The topological polar surface area (TPSA) is 42.4 Å². The van der Waals surface area contributed by atoms with Gasteiger partial charge in [0.25, 0.3) is 5.91 Å². The molecule has 0 atom stereocenters. The second-order valence-corrected chi connectivity index (χ2v) is 6.44. The highest BCUT2D eigenvalue weighted by Gasteiger charge is 2.25. The molecule has 0 aliphatic carbocycles. The van der Waals surface area contributed by atoms with E-state index in [1.807, 2.05) is 35.2 Å². The van der Waals surface area contributed by atoms with Gasteiger partial charge in [0.2, 0.25) is 0 Å². The lowest BCUT2D eigenvalue weighted by molar-refractivity contribution is 0.0597. The molecule has 1 fully saturated rings. The van der Waals surface area contributed by atoms with Crippen LogP contribution in [0.15, 0.2) is 60.8 Å². The molecule has 1 amide bonds. The maximum absolute atomic E-state index is 13.0. The fourth-order valence-electron chi connectivity index (χ4n) is 3.33. The number of para-hydroxylation sites is 1. The monoisotopic (exact) mass is 350 g/mol. The Balaban J connectivity index is 1.42. The third-order valence-electron chi connectivity index (χ3n) is 4.71. The number of benzene rings is 2. The number of pyridine rings is 1. The molecule has 132 valence electrons. The Labute approximate surface area is 151 Å². The first-order valence-corrected chi connectivity index (χ1v) is 8.76. The second-order valence-electron chi connectivity index (χ2n) is 6.44. The molecule has 0 N–H and O–H groups in total. The molecule has 0 spiro atoms. The molecule has 3 aromatic rings. The number of hydrogen-bond donors (Lipinski definition) is 0. The van der Waals surface area contributed by atoms with Crippen LogP contribution in [0, 0.1) is 5.82 Å². The molecule has 2 heterocycles. The van der Waals surface area contributed by atoms with Crippen LogP contribution >= 0.6 is 0 Å². The molecule has 1 aromatic heterocycles. The Hall–Kier alpha value is -2.95. The second kappa shape index (κ2) is 7.12. The van der Waals surface area contributed by atoms with Crippen molar-refractivity contribution in [1.29, 1.82) is 0 Å². The lowest BCUT2D eigenvalue weighted by Gasteiger charge is -2.32. The number of fused-ring (bicyclic) bond motifs is 1. The number of rotatable bonds is 3. The summed E-state index contributed by atoms with van der Waals surface area (Å²) in [6, 6.07) is 15.6. The van der Waals surface area contributed by atoms with E-state index in [0.717, 1.165) is 23.7 Å². The molecule has 4 nitrogen and oxygen atoms in total. The molecule has 1 aliphatic rings. The molecule has 26 heavy (non-hydrogen) atoms. The zero-order valence-electron chi connectivity index (χ0n) is 14.3. The van der Waals surface area contributed by atoms with Gasteiger partial charge < -0.3 is 9.64 Å². The van der Waals surface area contributed by atoms with Gasteiger partial charge in [-0.3, -0.25) is 9.78 Å². The van der Waals surface area contributed by atoms with Crippen molar-refractivity contribution >= 4 is 16.8 Å². The Morgan fingerprint density at radius 1 is 1.04 bits per heavy atom. The summed E-state index contributed by atoms with van der Waals surface area (Å²) < 4.78 is 18.9. The van der Waals surface area contributed by atoms with Crippen LogP contribution in [-0.4, -0.2) is 35.0 Å². The van der Waals surface area contributed by atoms with Crippen molar-refractivity contribution in [2.24, 2.45) is 0 Å². The van der Waals surface area contributed by atoms with E-state index < -0.39 is 0 Å². The van der Waals surface area contributed by atoms with Gasteiger partial charge in [0.15, 0.2) is 0 Å². The van der Waals surface area contributed by atoms with E-state index in [2.05, 4.69) is 4.98 Å². The van der Waals surface area contributed by atoms with Crippen LogP contribution in [0.5, 0.6) is 5.75 Å². The first-order valence-electron chi connectivity index (χ1n) is 8.76. The third-order valence-corrected chi connectivity index (χ3v) is 4.71. The van der Waals surface area contributed by atoms with Crippen LogP contribution in [0.25, 0.3) is 10.9 Å². The summed E-state index contributed by atoms with van der Waals surface area (Å²) in [6.07, 6.45) is 3.25. The van der Waals surface area contributed by atoms with E-state index in [0.29, 0.717) is 24.4 Å². The van der Waals surface area contributed by atoms with E-state index in [-0.39, 0.29) is 17.8 Å². The number of amides is 1. The number of likely N-dealkylation sites (tertiary alicyclic amines) is 1. The third kappa shape index (κ3) is 3.38. The molecule has 0 bridgehead atoms. The maximum atomic E-state index is 13.0. The Morgan fingerprint density at radius 2 is 1.77 bits per heavy atom. The van der Waals surface area contributed by atoms with Crippen LogP contribution in [0.1, 0.15) is 23.2 Å². The van der Waals surface area contributed by atoms with Crippen LogP contribution in [0.4, 0.5) is 4.39 Å². The fourth-order valence-corrected chi connectivity index (χ4v) is 3.33. The molecule has 0 unspecified atom stereocenters. The van der Waals surface area contributed by atoms with Gasteiger partial charge in [0.1, 0.15) is 17.7 Å². The number of carbonyl (C=O) groups excluding carboxylic acids is 1. The molecule has 5 heteroatoms. The summed E-state index contributed by atoms with van der Waals surface area (Å²) in [7, 11) is 0. The summed E-state index contributed by atoms with van der Waals surface area (Å²) in [5.41, 5.74) is 1.38. The van der Waals surface area contributed by atoms with Gasteiger partial charge in [-0.2, -0.15) is 0 Å². The summed E-state index contributed by atoms with van der Waals surface area (Å²) in [4.78, 5) is 19.1. The number of hydrogen-bond acceptors (Lipinski definition) is 3. The average Bonchev–Trinajstić information content (AvgIpc) is 2.69. The Kier molecular flexibility index (Phi) is 4.52. The van der Waals surface area contributed by atoms with E-state index in [1.54, 1.807) is 18.3 Å². The zero-order chi connectivity index (χ0) is 17.9. The predicted octanol–water partition coefficient (Wildman–Crippen LogP) is 4.06. The summed E-state index contributed by atoms with van der Waals surface area (Å²) in [5.74, 6) is 0.394. The molecule has 1 aliphatic heterocycles. The van der Waals surface area contributed by atoms with Crippen LogP contribution < -0.4 is 4.74 Å². The van der Waals surface area contributed by atoms with Crippen molar-refractivity contribution in [2.45, 2.75) is 18.9 Å². The molecule has 0 radical (unpaired) electrons. The van der Waals surface area contributed by atoms with Crippen LogP contribution in [0.3, 0.4) is 0 Å². The van der Waals surface area contributed by atoms with Crippen LogP contribution in [0.2, 0.25) is 0 Å². The number of halogens is 1. The van der Waals surface area contributed by atoms with Gasteiger partial charge in [-0.05, 0) is 36.4 Å². The quantitative estimate of drug-likeness (QED) is 0.715. The van der Waals surface area contributed by atoms with Gasteiger partial charge in [0, 0.05) is 37.5 Å². The first-order chi connectivity index (χ1) is 12.7. The molecule has 2 aromatic carbocycles. The van der Waals surface area contributed by atoms with Gasteiger partial charge in [0.05, 0.1) is 11.1 Å². The minimum absolute atomic E-state index is 0.00883. The normalized spacial score (nSPS) is 15.2. The first kappa shape index (κ1) is 16.5.